The van der Waals surface area contributed by atoms with E-state index >= 15 is 0 Å². The number of carbonyl (C=O) groups is 1. The van der Waals surface area contributed by atoms with Crippen molar-refractivity contribution in [2.45, 2.75) is 39.8 Å². The zero-order valence-corrected chi connectivity index (χ0v) is 18.3. The molecule has 2 aromatic heterocycles. The van der Waals surface area contributed by atoms with Gasteiger partial charge < -0.3 is 5.32 Å². The zero-order valence-electron chi connectivity index (χ0n) is 17.5. The molecule has 4 aromatic rings. The van der Waals surface area contributed by atoms with Crippen LogP contribution in [0.15, 0.2) is 53.3 Å². The molecule has 0 unspecified atom stereocenters. The number of amides is 1. The van der Waals surface area contributed by atoms with Crippen LogP contribution in [0.3, 0.4) is 0 Å². The van der Waals surface area contributed by atoms with Gasteiger partial charge in [0.15, 0.2) is 0 Å². The van der Waals surface area contributed by atoms with Crippen LogP contribution in [-0.4, -0.2) is 25.1 Å². The van der Waals surface area contributed by atoms with Gasteiger partial charge >= 0.3 is 0 Å². The summed E-state index contributed by atoms with van der Waals surface area (Å²) in [5.41, 5.74) is 1.66. The average molecular weight is 438 g/mol. The maximum atomic E-state index is 13.0. The summed E-state index contributed by atoms with van der Waals surface area (Å²) in [5.74, 6) is 1.37. The van der Waals surface area contributed by atoms with E-state index in [9.17, 15) is 9.59 Å². The second-order valence-corrected chi connectivity index (χ2v) is 8.42. The van der Waals surface area contributed by atoms with E-state index in [4.69, 9.17) is 11.6 Å². The topological polar surface area (TPSA) is 81.3 Å². The summed E-state index contributed by atoms with van der Waals surface area (Å²) in [6.45, 7) is 5.10. The van der Waals surface area contributed by atoms with Crippen molar-refractivity contribution in [1.82, 2.24) is 24.5 Å². The Morgan fingerprint density at radius 1 is 1.10 bits per heavy atom. The molecule has 0 saturated heterocycles. The normalized spacial score (nSPS) is 11.5. The summed E-state index contributed by atoms with van der Waals surface area (Å²) in [7, 11) is 0. The third-order valence-electron chi connectivity index (χ3n) is 5.10. The van der Waals surface area contributed by atoms with Crippen molar-refractivity contribution in [2.24, 2.45) is 5.92 Å². The Balaban J connectivity index is 1.58. The number of halogens is 1. The molecule has 0 aliphatic rings. The van der Waals surface area contributed by atoms with Gasteiger partial charge in [-0.2, -0.15) is 0 Å². The Hall–Kier alpha value is -3.19. The lowest BCUT2D eigenvalue weighted by Crippen LogP contribution is -2.26. The molecule has 0 aliphatic carbocycles. The van der Waals surface area contributed by atoms with Crippen LogP contribution in [0.25, 0.3) is 16.7 Å². The molecule has 0 bridgehead atoms. The maximum Gasteiger partial charge on any atom is 0.262 e. The molecule has 160 valence electrons. The minimum Gasteiger partial charge on any atom is -0.352 e. The number of nitrogens with zero attached hydrogens (tertiary/aromatic N) is 4. The van der Waals surface area contributed by atoms with Crippen LogP contribution < -0.4 is 10.9 Å². The smallest absolute Gasteiger partial charge is 0.262 e. The van der Waals surface area contributed by atoms with Gasteiger partial charge in [0, 0.05) is 31.0 Å². The second kappa shape index (κ2) is 8.89. The fourth-order valence-corrected chi connectivity index (χ4v) is 3.75. The molecule has 0 aliphatic heterocycles. The van der Waals surface area contributed by atoms with Gasteiger partial charge in [0.2, 0.25) is 11.7 Å². The minimum atomic E-state index is -0.0773. The highest BCUT2D eigenvalue weighted by atomic mass is 35.5. The van der Waals surface area contributed by atoms with Gasteiger partial charge in [-0.05, 0) is 35.7 Å². The molecule has 2 aromatic carbocycles. The molecule has 31 heavy (non-hydrogen) atoms. The first kappa shape index (κ1) is 21.1. The number of benzene rings is 2. The summed E-state index contributed by atoms with van der Waals surface area (Å²) < 4.78 is 3.57. The molecule has 4 rings (SSSR count). The predicted molar refractivity (Wildman–Crippen MR) is 121 cm³/mol. The number of nitrogens with one attached hydrogen (secondary N) is 1. The first-order chi connectivity index (χ1) is 14.9. The van der Waals surface area contributed by atoms with Gasteiger partial charge in [-0.1, -0.05) is 49.7 Å². The molecule has 2 heterocycles. The highest BCUT2D eigenvalue weighted by Crippen LogP contribution is 2.16. The average Bonchev–Trinajstić information content (AvgIpc) is 3.18. The summed E-state index contributed by atoms with van der Waals surface area (Å²) in [4.78, 5) is 25.4. The Morgan fingerprint density at radius 3 is 2.58 bits per heavy atom. The monoisotopic (exact) mass is 437 g/mol. The van der Waals surface area contributed by atoms with Crippen LogP contribution in [0, 0.1) is 5.92 Å². The van der Waals surface area contributed by atoms with E-state index in [0.29, 0.717) is 41.5 Å². The Bertz CT molecular complexity index is 1290. The number of rotatable bonds is 7. The zero-order chi connectivity index (χ0) is 22.0. The summed E-state index contributed by atoms with van der Waals surface area (Å²) in [6, 6.07) is 14.8. The van der Waals surface area contributed by atoms with E-state index in [1.807, 2.05) is 40.8 Å². The van der Waals surface area contributed by atoms with E-state index in [2.05, 4.69) is 29.4 Å². The van der Waals surface area contributed by atoms with Crippen molar-refractivity contribution in [3.05, 3.63) is 75.3 Å². The quantitative estimate of drug-likeness (QED) is 0.479. The Labute approximate surface area is 184 Å². The molecule has 7 nitrogen and oxygen atoms in total. The van der Waals surface area contributed by atoms with Gasteiger partial charge in [-0.25, -0.2) is 0 Å². The first-order valence-electron chi connectivity index (χ1n) is 10.3. The predicted octanol–water partition coefficient (Wildman–Crippen LogP) is 3.60. The summed E-state index contributed by atoms with van der Waals surface area (Å²) >= 11 is 5.90. The molecule has 8 heteroatoms. The Morgan fingerprint density at radius 2 is 1.84 bits per heavy atom. The summed E-state index contributed by atoms with van der Waals surface area (Å²) in [5, 5.41) is 12.8. The van der Waals surface area contributed by atoms with Crippen molar-refractivity contribution in [3.63, 3.8) is 0 Å². The van der Waals surface area contributed by atoms with Gasteiger partial charge in [0.05, 0.1) is 10.9 Å². The first-order valence-corrected chi connectivity index (χ1v) is 10.7. The molecule has 1 amide bonds. The molecular formula is C23H24ClN5O2. The van der Waals surface area contributed by atoms with Crippen LogP contribution >= 0.6 is 11.6 Å². The van der Waals surface area contributed by atoms with E-state index in [0.717, 1.165) is 11.1 Å². The van der Waals surface area contributed by atoms with Gasteiger partial charge in [-0.15, -0.1) is 10.2 Å². The fraction of sp³-hybridized carbons (Fsp3) is 0.304. The fourth-order valence-electron chi connectivity index (χ4n) is 3.62. The third kappa shape index (κ3) is 4.46. The van der Waals surface area contributed by atoms with E-state index in [1.54, 1.807) is 16.7 Å². The van der Waals surface area contributed by atoms with Crippen LogP contribution in [0.1, 0.15) is 31.7 Å². The van der Waals surface area contributed by atoms with Crippen LogP contribution in [-0.2, 0) is 24.3 Å². The maximum absolute atomic E-state index is 13.0. The lowest BCUT2D eigenvalue weighted by molar-refractivity contribution is -0.121. The van der Waals surface area contributed by atoms with Crippen molar-refractivity contribution in [2.75, 3.05) is 0 Å². The highest BCUT2D eigenvalue weighted by Gasteiger charge is 2.17. The van der Waals surface area contributed by atoms with Gasteiger partial charge in [0.1, 0.15) is 5.82 Å². The largest absolute Gasteiger partial charge is 0.352 e. The van der Waals surface area contributed by atoms with E-state index < -0.39 is 0 Å². The number of hydrogen-bond acceptors (Lipinski definition) is 4. The van der Waals surface area contributed by atoms with Gasteiger partial charge in [-0.3, -0.25) is 18.6 Å². The van der Waals surface area contributed by atoms with Crippen molar-refractivity contribution >= 4 is 34.2 Å². The molecule has 0 fully saturated rings. The SMILES string of the molecule is CC(C)Cn1c(=O)c2ccccc2n2c(CCC(=O)NCc3ccc(Cl)cc3)nnc12. The van der Waals surface area contributed by atoms with E-state index in [1.165, 1.54) is 0 Å². The number of aromatic nitrogens is 4. The molecule has 0 atom stereocenters. The number of carbonyl (C=O) groups excluding carboxylic acids is 1. The molecule has 0 radical (unpaired) electrons. The van der Waals surface area contributed by atoms with Crippen molar-refractivity contribution in [3.8, 4) is 0 Å². The number of fused-ring (bicyclic) bond motifs is 3. The van der Waals surface area contributed by atoms with Crippen molar-refractivity contribution in [1.29, 1.82) is 0 Å². The standard InChI is InChI=1S/C23H24ClN5O2/c1-15(2)14-28-22(31)18-5-3-4-6-19(18)29-20(26-27-23(28)29)11-12-21(30)25-13-16-7-9-17(24)10-8-16/h3-10,15H,11-14H2,1-2H3,(H,25,30). The summed E-state index contributed by atoms with van der Waals surface area (Å²) in [6.07, 6.45) is 0.684. The third-order valence-corrected chi connectivity index (χ3v) is 5.35. The molecule has 0 saturated carbocycles. The van der Waals surface area contributed by atoms with Crippen LogP contribution in [0.5, 0.6) is 0 Å². The van der Waals surface area contributed by atoms with Crippen LogP contribution in [0.4, 0.5) is 0 Å². The number of para-hydroxylation sites is 1. The molecule has 1 N–H and O–H groups in total. The minimum absolute atomic E-state index is 0.0727. The lowest BCUT2D eigenvalue weighted by atomic mass is 10.2. The Kier molecular flexibility index (Phi) is 6.04. The number of aryl methyl sites for hydroxylation is 1. The molecule has 0 spiro atoms. The second-order valence-electron chi connectivity index (χ2n) is 7.98. The van der Waals surface area contributed by atoms with Crippen molar-refractivity contribution < 1.29 is 4.79 Å². The highest BCUT2D eigenvalue weighted by molar-refractivity contribution is 6.30. The molecular weight excluding hydrogens is 414 g/mol. The van der Waals surface area contributed by atoms with Gasteiger partial charge in [0.25, 0.3) is 5.56 Å². The van der Waals surface area contributed by atoms with E-state index in [-0.39, 0.29) is 23.8 Å². The van der Waals surface area contributed by atoms with Crippen LogP contribution in [0.2, 0.25) is 5.02 Å². The lowest BCUT2D eigenvalue weighted by Gasteiger charge is -2.13. The number of hydrogen-bond donors (Lipinski definition) is 1.